The maximum atomic E-state index is 12.1. The highest BCUT2D eigenvalue weighted by Gasteiger charge is 2.23. The van der Waals surface area contributed by atoms with Crippen molar-refractivity contribution in [2.75, 3.05) is 13.2 Å². The summed E-state index contributed by atoms with van der Waals surface area (Å²) in [7, 11) is 0. The van der Waals surface area contributed by atoms with E-state index in [-0.39, 0.29) is 6.04 Å². The molecule has 1 aromatic carbocycles. The summed E-state index contributed by atoms with van der Waals surface area (Å²) in [6.45, 7) is 7.21. The van der Waals surface area contributed by atoms with Gasteiger partial charge in [0.15, 0.2) is 5.69 Å². The third kappa shape index (κ3) is 2.91. The maximum absolute atomic E-state index is 12.1. The number of esters is 1. The molecular formula is C20H19N3O3S. The number of nitrogens with zero attached hydrogens (tertiary/aromatic N) is 3. The fourth-order valence-corrected chi connectivity index (χ4v) is 4.46. The summed E-state index contributed by atoms with van der Waals surface area (Å²) < 4.78 is 12.9. The number of hydrogen-bond donors (Lipinski definition) is 0. The fourth-order valence-electron chi connectivity index (χ4n) is 3.57. The highest BCUT2D eigenvalue weighted by atomic mass is 32.1. The van der Waals surface area contributed by atoms with E-state index in [9.17, 15) is 10.1 Å². The van der Waals surface area contributed by atoms with E-state index < -0.39 is 5.97 Å². The number of carbonyl (C=O) groups is 1. The molecule has 0 saturated heterocycles. The van der Waals surface area contributed by atoms with Crippen molar-refractivity contribution in [3.8, 4) is 16.6 Å². The molecule has 0 spiro atoms. The van der Waals surface area contributed by atoms with Gasteiger partial charge < -0.3 is 14.0 Å². The SMILES string of the molecule is CCOC(=O)c1nc(-c2cc(C#N)c3c(c2)cc2n3C(C)COC2)sc1C. The summed E-state index contributed by atoms with van der Waals surface area (Å²) >= 11 is 1.43. The monoisotopic (exact) mass is 381 g/mol. The molecule has 27 heavy (non-hydrogen) atoms. The first-order valence-corrected chi connectivity index (χ1v) is 9.65. The summed E-state index contributed by atoms with van der Waals surface area (Å²) in [5.74, 6) is -0.413. The van der Waals surface area contributed by atoms with Gasteiger partial charge in [-0.15, -0.1) is 11.3 Å². The first-order valence-electron chi connectivity index (χ1n) is 8.84. The quantitative estimate of drug-likeness (QED) is 0.635. The molecule has 4 rings (SSSR count). The fraction of sp³-hybridized carbons (Fsp3) is 0.350. The van der Waals surface area contributed by atoms with Gasteiger partial charge in [0.1, 0.15) is 11.1 Å². The topological polar surface area (TPSA) is 77.1 Å². The van der Waals surface area contributed by atoms with Crippen molar-refractivity contribution >= 4 is 28.2 Å². The first kappa shape index (κ1) is 17.7. The van der Waals surface area contributed by atoms with Crippen LogP contribution >= 0.6 is 11.3 Å². The summed E-state index contributed by atoms with van der Waals surface area (Å²) in [5, 5.41) is 11.4. The average molecular weight is 381 g/mol. The third-order valence-electron chi connectivity index (χ3n) is 4.69. The molecule has 7 heteroatoms. The molecule has 1 atom stereocenters. The zero-order chi connectivity index (χ0) is 19.1. The van der Waals surface area contributed by atoms with Crippen LogP contribution in [0.1, 0.15) is 46.5 Å². The molecule has 0 N–H and O–H groups in total. The van der Waals surface area contributed by atoms with Crippen molar-refractivity contribution in [1.29, 1.82) is 5.26 Å². The number of hydrogen-bond acceptors (Lipinski definition) is 6. The van der Waals surface area contributed by atoms with Crippen LogP contribution in [-0.4, -0.2) is 28.7 Å². The minimum atomic E-state index is -0.413. The van der Waals surface area contributed by atoms with E-state index in [2.05, 4.69) is 28.6 Å². The number of aromatic nitrogens is 2. The number of rotatable bonds is 3. The zero-order valence-electron chi connectivity index (χ0n) is 15.4. The van der Waals surface area contributed by atoms with Crippen LogP contribution in [0.4, 0.5) is 0 Å². The van der Waals surface area contributed by atoms with Gasteiger partial charge in [-0.3, -0.25) is 0 Å². The van der Waals surface area contributed by atoms with E-state index in [1.165, 1.54) is 11.3 Å². The van der Waals surface area contributed by atoms with Crippen LogP contribution < -0.4 is 0 Å². The minimum absolute atomic E-state index is 0.182. The Kier molecular flexibility index (Phi) is 4.46. The normalized spacial score (nSPS) is 16.1. The second-order valence-corrected chi connectivity index (χ2v) is 7.79. The average Bonchev–Trinajstić information content (AvgIpc) is 3.22. The van der Waals surface area contributed by atoms with Gasteiger partial charge in [-0.1, -0.05) is 0 Å². The summed E-state index contributed by atoms with van der Waals surface area (Å²) in [4.78, 5) is 17.4. The third-order valence-corrected chi connectivity index (χ3v) is 5.71. The Morgan fingerprint density at radius 3 is 3.04 bits per heavy atom. The van der Waals surface area contributed by atoms with Gasteiger partial charge in [0.25, 0.3) is 0 Å². The minimum Gasteiger partial charge on any atom is -0.461 e. The van der Waals surface area contributed by atoms with Crippen molar-refractivity contribution in [3.63, 3.8) is 0 Å². The molecule has 0 bridgehead atoms. The summed E-state index contributed by atoms with van der Waals surface area (Å²) in [6.07, 6.45) is 0. The van der Waals surface area contributed by atoms with Crippen molar-refractivity contribution in [3.05, 3.63) is 40.0 Å². The Hall–Kier alpha value is -2.69. The molecule has 3 heterocycles. The second-order valence-electron chi connectivity index (χ2n) is 6.59. The van der Waals surface area contributed by atoms with Gasteiger partial charge in [-0.05, 0) is 39.0 Å². The number of thiazole rings is 1. The van der Waals surface area contributed by atoms with Crippen molar-refractivity contribution in [1.82, 2.24) is 9.55 Å². The van der Waals surface area contributed by atoms with Crippen LogP contribution in [-0.2, 0) is 16.1 Å². The van der Waals surface area contributed by atoms with Crippen molar-refractivity contribution in [2.24, 2.45) is 0 Å². The highest BCUT2D eigenvalue weighted by molar-refractivity contribution is 7.15. The Labute approximate surface area is 161 Å². The van der Waals surface area contributed by atoms with E-state index in [0.717, 1.165) is 27.0 Å². The molecule has 1 unspecified atom stereocenters. The second kappa shape index (κ2) is 6.80. The molecule has 0 amide bonds. The van der Waals surface area contributed by atoms with Gasteiger partial charge in [-0.2, -0.15) is 5.26 Å². The van der Waals surface area contributed by atoms with E-state index in [1.54, 1.807) is 6.92 Å². The van der Waals surface area contributed by atoms with Gasteiger partial charge in [0.2, 0.25) is 0 Å². The van der Waals surface area contributed by atoms with Gasteiger partial charge >= 0.3 is 5.97 Å². The van der Waals surface area contributed by atoms with E-state index >= 15 is 0 Å². The summed E-state index contributed by atoms with van der Waals surface area (Å²) in [6, 6.07) is 8.46. The summed E-state index contributed by atoms with van der Waals surface area (Å²) in [5.41, 5.74) is 3.78. The zero-order valence-corrected chi connectivity index (χ0v) is 16.2. The Morgan fingerprint density at radius 1 is 1.48 bits per heavy atom. The van der Waals surface area contributed by atoms with E-state index in [0.29, 0.717) is 36.1 Å². The van der Waals surface area contributed by atoms with Crippen molar-refractivity contribution < 1.29 is 14.3 Å². The number of benzene rings is 1. The van der Waals surface area contributed by atoms with Crippen LogP contribution in [0.15, 0.2) is 18.2 Å². The Morgan fingerprint density at radius 2 is 2.30 bits per heavy atom. The number of ether oxygens (including phenoxy) is 2. The molecule has 138 valence electrons. The Bertz CT molecular complexity index is 1090. The van der Waals surface area contributed by atoms with Gasteiger partial charge in [0.05, 0.1) is 36.9 Å². The molecule has 3 aromatic rings. The van der Waals surface area contributed by atoms with Gasteiger partial charge in [0, 0.05) is 21.5 Å². The predicted molar refractivity (Wildman–Crippen MR) is 103 cm³/mol. The first-order chi connectivity index (χ1) is 13.0. The Balaban J connectivity index is 1.86. The number of fused-ring (bicyclic) bond motifs is 3. The smallest absolute Gasteiger partial charge is 0.358 e. The van der Waals surface area contributed by atoms with Crippen LogP contribution in [0.2, 0.25) is 0 Å². The highest BCUT2D eigenvalue weighted by Crippen LogP contribution is 2.36. The largest absolute Gasteiger partial charge is 0.461 e. The number of carbonyl (C=O) groups excluding carboxylic acids is 1. The number of aryl methyl sites for hydroxylation is 1. The van der Waals surface area contributed by atoms with Crippen LogP contribution in [0.5, 0.6) is 0 Å². The molecule has 1 aliphatic rings. The molecule has 1 aliphatic heterocycles. The molecule has 0 saturated carbocycles. The molecule has 0 radical (unpaired) electrons. The van der Waals surface area contributed by atoms with Crippen molar-refractivity contribution in [2.45, 2.75) is 33.4 Å². The molecule has 2 aromatic heterocycles. The molecule has 0 aliphatic carbocycles. The lowest BCUT2D eigenvalue weighted by Crippen LogP contribution is -2.20. The van der Waals surface area contributed by atoms with E-state index in [4.69, 9.17) is 9.47 Å². The molecule has 6 nitrogen and oxygen atoms in total. The van der Waals surface area contributed by atoms with E-state index in [1.807, 2.05) is 19.1 Å². The lowest BCUT2D eigenvalue weighted by Gasteiger charge is -2.24. The lowest BCUT2D eigenvalue weighted by molar-refractivity contribution is 0.0519. The maximum Gasteiger partial charge on any atom is 0.358 e. The predicted octanol–water partition coefficient (Wildman–Crippen LogP) is 4.21. The molecular weight excluding hydrogens is 362 g/mol. The van der Waals surface area contributed by atoms with Crippen LogP contribution in [0.3, 0.4) is 0 Å². The number of nitriles is 1. The lowest BCUT2D eigenvalue weighted by atomic mass is 10.1. The van der Waals surface area contributed by atoms with Gasteiger partial charge in [-0.25, -0.2) is 9.78 Å². The van der Waals surface area contributed by atoms with Crippen LogP contribution in [0.25, 0.3) is 21.5 Å². The van der Waals surface area contributed by atoms with Crippen LogP contribution in [0, 0.1) is 18.3 Å². The standard InChI is InChI=1S/C20H19N3O3S/c1-4-26-20(24)17-12(3)27-19(22-17)14-5-13-7-16-10-25-9-11(2)23(16)18(13)15(6-14)8-21/h5-7,11H,4,9-10H2,1-3H3. The molecule has 0 fully saturated rings.